The molecule has 1 fully saturated rings. The molecule has 3 atom stereocenters. The lowest BCUT2D eigenvalue weighted by Gasteiger charge is -2.32. The summed E-state index contributed by atoms with van der Waals surface area (Å²) >= 11 is 0. The first kappa shape index (κ1) is 29.6. The molecule has 6 rings (SSSR count). The second kappa shape index (κ2) is 11.2. The topological polar surface area (TPSA) is 134 Å². The van der Waals surface area contributed by atoms with E-state index in [1.807, 2.05) is 67.8 Å². The van der Waals surface area contributed by atoms with Crippen LogP contribution in [-0.2, 0) is 11.0 Å². The number of carbonyl (C=O) groups excluding carboxylic acids is 1. The number of hydrogen-bond donors (Lipinski definition) is 3. The first-order chi connectivity index (χ1) is 20.9. The number of carbonyl (C=O) groups is 2. The summed E-state index contributed by atoms with van der Waals surface area (Å²) in [4.78, 5) is 31.4. The minimum Gasteiger partial charge on any atom is -0.484 e. The van der Waals surface area contributed by atoms with Crippen LogP contribution in [0.2, 0.25) is 0 Å². The molecule has 0 spiro atoms. The highest BCUT2D eigenvalue weighted by Gasteiger charge is 2.40. The average molecular weight is 598 g/mol. The van der Waals surface area contributed by atoms with Crippen molar-refractivity contribution in [3.05, 3.63) is 83.1 Å². The number of nitrogens with zero attached hydrogens (tertiary/aromatic N) is 5. The number of carboxylic acid groups (broad SMARTS) is 1. The van der Waals surface area contributed by atoms with Crippen LogP contribution in [0.4, 0.5) is 10.5 Å². The molecule has 11 heteroatoms. The Bertz CT molecular complexity index is 1730. The molecule has 1 aromatic carbocycles. The fourth-order valence-electron chi connectivity index (χ4n) is 6.30. The van der Waals surface area contributed by atoms with E-state index in [4.69, 9.17) is 4.74 Å². The largest absolute Gasteiger partial charge is 0.484 e. The van der Waals surface area contributed by atoms with Gasteiger partial charge in [0.15, 0.2) is 17.2 Å². The van der Waals surface area contributed by atoms with Crippen molar-refractivity contribution in [2.75, 3.05) is 18.9 Å². The molecule has 3 N–H and O–H groups in total. The fraction of sp³-hybridized carbons (Fsp3) is 0.424. The number of anilines is 1. The van der Waals surface area contributed by atoms with Crippen molar-refractivity contribution in [1.82, 2.24) is 29.8 Å². The summed E-state index contributed by atoms with van der Waals surface area (Å²) in [6.07, 6.45) is 5.29. The van der Waals surface area contributed by atoms with Gasteiger partial charge in [-0.05, 0) is 81.6 Å². The van der Waals surface area contributed by atoms with Gasteiger partial charge in [-0.25, -0.2) is 14.6 Å². The number of amides is 2. The minimum atomic E-state index is -1.15. The van der Waals surface area contributed by atoms with E-state index in [9.17, 15) is 14.7 Å². The molecule has 0 saturated carbocycles. The molecule has 230 valence electrons. The highest BCUT2D eigenvalue weighted by Crippen LogP contribution is 2.40. The molecule has 4 heterocycles. The number of benzene rings is 1. The van der Waals surface area contributed by atoms with Crippen molar-refractivity contribution in [3.8, 4) is 5.75 Å². The van der Waals surface area contributed by atoms with Crippen molar-refractivity contribution in [3.63, 3.8) is 0 Å². The van der Waals surface area contributed by atoms with Gasteiger partial charge in [0.1, 0.15) is 11.9 Å². The predicted octanol–water partition coefficient (Wildman–Crippen LogP) is 5.84. The Morgan fingerprint density at radius 1 is 1.07 bits per heavy atom. The molecule has 0 bridgehead atoms. The van der Waals surface area contributed by atoms with Crippen LogP contribution in [0.5, 0.6) is 5.75 Å². The summed E-state index contributed by atoms with van der Waals surface area (Å²) in [6.45, 7) is 9.08. The highest BCUT2D eigenvalue weighted by molar-refractivity contribution is 5.92. The summed E-state index contributed by atoms with van der Waals surface area (Å²) in [6, 6.07) is 14.3. The number of aromatic nitrogens is 4. The number of ether oxygens (including phenoxy) is 1. The average Bonchev–Trinajstić information content (AvgIpc) is 3.56. The Labute approximate surface area is 256 Å². The number of aromatic carboxylic acids is 1. The molecule has 11 nitrogen and oxygen atoms in total. The molecule has 1 aliphatic carbocycles. The van der Waals surface area contributed by atoms with Gasteiger partial charge >= 0.3 is 12.0 Å². The molecule has 1 unspecified atom stereocenters. The van der Waals surface area contributed by atoms with E-state index >= 15 is 0 Å². The number of carboxylic acids is 1. The lowest BCUT2D eigenvalue weighted by Crippen LogP contribution is -2.37. The number of hydrogen-bond acceptors (Lipinski definition) is 7. The van der Waals surface area contributed by atoms with Gasteiger partial charge in [0.25, 0.3) is 0 Å². The van der Waals surface area contributed by atoms with Crippen molar-refractivity contribution in [2.24, 2.45) is 0 Å². The van der Waals surface area contributed by atoms with Gasteiger partial charge in [0.2, 0.25) is 0 Å². The second-order valence-corrected chi connectivity index (χ2v) is 13.1. The van der Waals surface area contributed by atoms with E-state index in [1.165, 1.54) is 6.07 Å². The predicted molar refractivity (Wildman–Crippen MR) is 166 cm³/mol. The lowest BCUT2D eigenvalue weighted by atomic mass is 9.85. The summed E-state index contributed by atoms with van der Waals surface area (Å²) in [5.74, 6) is 0.497. The van der Waals surface area contributed by atoms with Crippen molar-refractivity contribution in [2.45, 2.75) is 76.5 Å². The van der Waals surface area contributed by atoms with Crippen LogP contribution in [0, 0.1) is 0 Å². The SMILES string of the molecule is CN1CCCC1(C)c1nnc2ccc(O[C@@H]3CC[C@H](NC(=O)Nc4cc(C(=O)O)nc(C(C)(C)C)c4)c4ccccc43)cn12. The van der Waals surface area contributed by atoms with Crippen molar-refractivity contribution < 1.29 is 19.4 Å². The molecule has 0 radical (unpaired) electrons. The van der Waals surface area contributed by atoms with E-state index in [0.29, 0.717) is 24.2 Å². The zero-order valence-corrected chi connectivity index (χ0v) is 25.8. The van der Waals surface area contributed by atoms with Crippen LogP contribution in [0.25, 0.3) is 5.65 Å². The summed E-state index contributed by atoms with van der Waals surface area (Å²) in [5.41, 5.74) is 3.06. The van der Waals surface area contributed by atoms with E-state index < -0.39 is 12.0 Å². The smallest absolute Gasteiger partial charge is 0.354 e. The van der Waals surface area contributed by atoms with Crippen LogP contribution in [0.3, 0.4) is 0 Å². The molecular weight excluding hydrogens is 558 g/mol. The summed E-state index contributed by atoms with van der Waals surface area (Å²) in [5, 5.41) is 24.4. The van der Waals surface area contributed by atoms with Gasteiger partial charge in [-0.15, -0.1) is 10.2 Å². The zero-order valence-electron chi connectivity index (χ0n) is 25.8. The van der Waals surface area contributed by atoms with Gasteiger partial charge < -0.3 is 20.5 Å². The summed E-state index contributed by atoms with van der Waals surface area (Å²) < 4.78 is 8.63. The third kappa shape index (κ3) is 5.59. The molecular formula is C33H39N7O4. The molecule has 44 heavy (non-hydrogen) atoms. The maximum Gasteiger partial charge on any atom is 0.354 e. The highest BCUT2D eigenvalue weighted by atomic mass is 16.5. The number of rotatable bonds is 6. The Morgan fingerprint density at radius 3 is 2.55 bits per heavy atom. The lowest BCUT2D eigenvalue weighted by molar-refractivity contribution is 0.0690. The van der Waals surface area contributed by atoms with Gasteiger partial charge in [-0.1, -0.05) is 45.0 Å². The third-order valence-corrected chi connectivity index (χ3v) is 8.95. The van der Waals surface area contributed by atoms with Crippen LogP contribution >= 0.6 is 0 Å². The summed E-state index contributed by atoms with van der Waals surface area (Å²) in [7, 11) is 2.13. The van der Waals surface area contributed by atoms with Crippen LogP contribution in [-0.4, -0.2) is 55.2 Å². The van der Waals surface area contributed by atoms with E-state index in [0.717, 1.165) is 47.7 Å². The molecule has 1 saturated heterocycles. The Kier molecular flexibility index (Phi) is 7.53. The van der Waals surface area contributed by atoms with E-state index in [1.54, 1.807) is 6.07 Å². The van der Waals surface area contributed by atoms with Crippen LogP contribution < -0.4 is 15.4 Å². The molecule has 2 aliphatic rings. The molecule has 2 amide bonds. The Hall–Kier alpha value is -4.51. The van der Waals surface area contributed by atoms with Gasteiger partial charge in [-0.2, -0.15) is 0 Å². The van der Waals surface area contributed by atoms with E-state index in [-0.39, 0.29) is 28.8 Å². The quantitative estimate of drug-likeness (QED) is 0.253. The second-order valence-electron chi connectivity index (χ2n) is 13.1. The van der Waals surface area contributed by atoms with Crippen LogP contribution in [0.1, 0.15) is 98.7 Å². The molecule has 3 aromatic heterocycles. The number of nitrogens with one attached hydrogen (secondary N) is 2. The normalized spacial score (nSPS) is 22.0. The van der Waals surface area contributed by atoms with Gasteiger partial charge in [-0.3, -0.25) is 9.30 Å². The number of likely N-dealkylation sites (tertiary alicyclic amines) is 1. The zero-order chi connectivity index (χ0) is 31.2. The van der Waals surface area contributed by atoms with Gasteiger partial charge in [0, 0.05) is 16.8 Å². The van der Waals surface area contributed by atoms with Crippen molar-refractivity contribution >= 4 is 23.3 Å². The number of pyridine rings is 2. The standard InChI is InChI=1S/C33H39N7O4/c1-32(2,3)27-18-20(17-25(35-27)29(41)42)34-31(43)36-24-12-13-26(23-10-7-6-9-22(23)24)44-21-11-14-28-37-38-30(40(28)19-21)33(4)15-8-16-39(33)5/h6-7,9-11,14,17-19,24,26H,8,12-13,15-16H2,1-5H3,(H,41,42)(H2,34,35,36,43)/t24-,26+,33?/m0/s1. The molecule has 1 aliphatic heterocycles. The van der Waals surface area contributed by atoms with Crippen molar-refractivity contribution in [1.29, 1.82) is 0 Å². The first-order valence-corrected chi connectivity index (χ1v) is 15.1. The maximum atomic E-state index is 13.2. The van der Waals surface area contributed by atoms with E-state index in [2.05, 4.69) is 44.7 Å². The number of fused-ring (bicyclic) bond motifs is 2. The van der Waals surface area contributed by atoms with Gasteiger partial charge in [0.05, 0.1) is 17.8 Å². The maximum absolute atomic E-state index is 13.2. The third-order valence-electron chi connectivity index (χ3n) is 8.95. The minimum absolute atomic E-state index is 0.114. The van der Waals surface area contributed by atoms with Crippen LogP contribution in [0.15, 0.2) is 54.7 Å². The number of urea groups is 1. The first-order valence-electron chi connectivity index (χ1n) is 15.1. The monoisotopic (exact) mass is 597 g/mol. The Balaban J connectivity index is 1.20. The fourth-order valence-corrected chi connectivity index (χ4v) is 6.30. The molecule has 4 aromatic rings. The Morgan fingerprint density at radius 2 is 1.84 bits per heavy atom.